The summed E-state index contributed by atoms with van der Waals surface area (Å²) in [5.41, 5.74) is 3.06. The molecule has 1 saturated carbocycles. The summed E-state index contributed by atoms with van der Waals surface area (Å²) < 4.78 is 0. The van der Waals surface area contributed by atoms with Gasteiger partial charge < -0.3 is 10.2 Å². The Bertz CT molecular complexity index is 614. The number of hydrogen-bond acceptors (Lipinski definition) is 3. The van der Waals surface area contributed by atoms with Gasteiger partial charge in [-0.15, -0.1) is 0 Å². The molecule has 0 atom stereocenters. The summed E-state index contributed by atoms with van der Waals surface area (Å²) >= 11 is 0. The summed E-state index contributed by atoms with van der Waals surface area (Å²) in [5.74, 6) is 0.213. The average Bonchev–Trinajstić information content (AvgIpc) is 3.46. The summed E-state index contributed by atoms with van der Waals surface area (Å²) in [6, 6.07) is 6.47. The van der Waals surface area contributed by atoms with E-state index in [1.807, 2.05) is 36.9 Å². The summed E-state index contributed by atoms with van der Waals surface area (Å²) in [5, 5.41) is 3.07. The van der Waals surface area contributed by atoms with Crippen LogP contribution in [0.3, 0.4) is 0 Å². The third kappa shape index (κ3) is 6.65. The first-order chi connectivity index (χ1) is 13.0. The van der Waals surface area contributed by atoms with Crippen molar-refractivity contribution >= 4 is 17.5 Å². The molecule has 1 aliphatic rings. The topological polar surface area (TPSA) is 52.7 Å². The predicted molar refractivity (Wildman–Crippen MR) is 111 cm³/mol. The first kappa shape index (κ1) is 21.4. The van der Waals surface area contributed by atoms with E-state index in [-0.39, 0.29) is 11.8 Å². The summed E-state index contributed by atoms with van der Waals surface area (Å²) in [4.78, 5) is 29.3. The Morgan fingerprint density at radius 2 is 1.63 bits per heavy atom. The van der Waals surface area contributed by atoms with Crippen LogP contribution in [-0.4, -0.2) is 53.8 Å². The second kappa shape index (κ2) is 10.5. The maximum atomic E-state index is 12.6. The van der Waals surface area contributed by atoms with Crippen LogP contribution in [0.5, 0.6) is 0 Å². The van der Waals surface area contributed by atoms with Gasteiger partial charge in [0.25, 0.3) is 0 Å². The van der Waals surface area contributed by atoms with Crippen molar-refractivity contribution < 1.29 is 9.59 Å². The molecule has 1 N–H and O–H groups in total. The quantitative estimate of drug-likeness (QED) is 0.643. The predicted octanol–water partition coefficient (Wildman–Crippen LogP) is 3.75. The van der Waals surface area contributed by atoms with Crippen LogP contribution in [0.1, 0.15) is 57.1 Å². The molecule has 2 rings (SSSR count). The van der Waals surface area contributed by atoms with Gasteiger partial charge in [0.1, 0.15) is 0 Å². The third-order valence-electron chi connectivity index (χ3n) is 5.11. The van der Waals surface area contributed by atoms with E-state index in [1.165, 1.54) is 0 Å². The number of benzene rings is 1. The van der Waals surface area contributed by atoms with Crippen molar-refractivity contribution in [3.05, 3.63) is 29.3 Å². The highest BCUT2D eigenvalue weighted by atomic mass is 16.2. The number of hydrogen-bond donors (Lipinski definition) is 1. The molecule has 0 heterocycles. The van der Waals surface area contributed by atoms with Crippen molar-refractivity contribution in [1.29, 1.82) is 0 Å². The Morgan fingerprint density at radius 3 is 2.15 bits per heavy atom. The molecule has 1 aliphatic carbocycles. The molecule has 2 amide bonds. The van der Waals surface area contributed by atoms with Crippen LogP contribution in [0, 0.1) is 13.8 Å². The summed E-state index contributed by atoms with van der Waals surface area (Å²) in [6.45, 7) is 10.9. The number of carbonyl (C=O) groups excluding carboxylic acids is 2. The molecule has 5 nitrogen and oxygen atoms in total. The van der Waals surface area contributed by atoms with Gasteiger partial charge in [-0.3, -0.25) is 14.5 Å². The highest BCUT2D eigenvalue weighted by Crippen LogP contribution is 2.27. The summed E-state index contributed by atoms with van der Waals surface area (Å²) in [6.07, 6.45) is 4.71. The minimum Gasteiger partial charge on any atom is -0.343 e. The third-order valence-corrected chi connectivity index (χ3v) is 5.11. The molecule has 150 valence electrons. The Morgan fingerprint density at radius 1 is 1.04 bits per heavy atom. The molecule has 27 heavy (non-hydrogen) atoms. The van der Waals surface area contributed by atoms with Gasteiger partial charge in [-0.1, -0.05) is 32.0 Å². The number of aryl methyl sites for hydroxylation is 2. The molecule has 1 aromatic rings. The number of para-hydroxylation sites is 1. The second-order valence-corrected chi connectivity index (χ2v) is 7.65. The zero-order valence-electron chi connectivity index (χ0n) is 17.4. The normalized spacial score (nSPS) is 13.7. The van der Waals surface area contributed by atoms with Crippen LogP contribution >= 0.6 is 0 Å². The van der Waals surface area contributed by atoms with E-state index in [0.717, 1.165) is 55.6 Å². The number of nitrogens with one attached hydrogen (secondary N) is 1. The minimum atomic E-state index is 0.00530. The van der Waals surface area contributed by atoms with Crippen LogP contribution in [0.4, 0.5) is 5.69 Å². The molecule has 0 spiro atoms. The fourth-order valence-electron chi connectivity index (χ4n) is 3.50. The van der Waals surface area contributed by atoms with Crippen molar-refractivity contribution in [3.8, 4) is 0 Å². The van der Waals surface area contributed by atoms with E-state index in [4.69, 9.17) is 0 Å². The molecule has 1 fully saturated rings. The largest absolute Gasteiger partial charge is 0.343 e. The van der Waals surface area contributed by atoms with E-state index in [9.17, 15) is 9.59 Å². The smallest absolute Gasteiger partial charge is 0.238 e. The Labute approximate surface area is 164 Å². The molecule has 0 bridgehead atoms. The SMILES string of the molecule is CCCN(CCC)C(=O)CCN(CC(=O)Nc1c(C)cccc1C)C1CC1. The lowest BCUT2D eigenvalue weighted by atomic mass is 10.1. The summed E-state index contributed by atoms with van der Waals surface area (Å²) in [7, 11) is 0. The molecule has 0 saturated heterocycles. The van der Waals surface area contributed by atoms with Gasteiger partial charge in [0.15, 0.2) is 0 Å². The van der Waals surface area contributed by atoms with Gasteiger partial charge in [-0.25, -0.2) is 0 Å². The van der Waals surface area contributed by atoms with Gasteiger partial charge in [0.2, 0.25) is 11.8 Å². The maximum Gasteiger partial charge on any atom is 0.238 e. The van der Waals surface area contributed by atoms with Gasteiger partial charge in [0, 0.05) is 37.8 Å². The molecular formula is C22H35N3O2. The first-order valence-electron chi connectivity index (χ1n) is 10.3. The molecule has 0 unspecified atom stereocenters. The Kier molecular flexibility index (Phi) is 8.29. The fraction of sp³-hybridized carbons (Fsp3) is 0.636. The molecule has 0 aliphatic heterocycles. The van der Waals surface area contributed by atoms with Crippen LogP contribution in [-0.2, 0) is 9.59 Å². The van der Waals surface area contributed by atoms with E-state index in [1.54, 1.807) is 0 Å². The highest BCUT2D eigenvalue weighted by Gasteiger charge is 2.31. The number of nitrogens with zero attached hydrogens (tertiary/aromatic N) is 2. The standard InChI is InChI=1S/C22H35N3O2/c1-5-13-24(14-6-2)21(27)12-15-25(19-10-11-19)16-20(26)23-22-17(3)8-7-9-18(22)4/h7-9,19H,5-6,10-16H2,1-4H3,(H,23,26). The van der Waals surface area contributed by atoms with Crippen molar-refractivity contribution in [2.75, 3.05) is 31.5 Å². The number of rotatable bonds is 11. The van der Waals surface area contributed by atoms with Gasteiger partial charge >= 0.3 is 0 Å². The number of amides is 2. The van der Waals surface area contributed by atoms with Crippen molar-refractivity contribution in [1.82, 2.24) is 9.80 Å². The van der Waals surface area contributed by atoms with E-state index in [0.29, 0.717) is 25.6 Å². The Balaban J connectivity index is 1.90. The van der Waals surface area contributed by atoms with Gasteiger partial charge in [-0.2, -0.15) is 0 Å². The van der Waals surface area contributed by atoms with Crippen molar-refractivity contribution in [3.63, 3.8) is 0 Å². The van der Waals surface area contributed by atoms with Gasteiger partial charge in [0.05, 0.1) is 6.54 Å². The molecule has 1 aromatic carbocycles. The molecule has 0 radical (unpaired) electrons. The Hall–Kier alpha value is -1.88. The monoisotopic (exact) mass is 373 g/mol. The molecule has 0 aromatic heterocycles. The van der Waals surface area contributed by atoms with Crippen LogP contribution < -0.4 is 5.32 Å². The van der Waals surface area contributed by atoms with Crippen LogP contribution in [0.25, 0.3) is 0 Å². The number of anilines is 1. The van der Waals surface area contributed by atoms with E-state index < -0.39 is 0 Å². The fourth-order valence-corrected chi connectivity index (χ4v) is 3.50. The first-order valence-corrected chi connectivity index (χ1v) is 10.3. The number of carbonyl (C=O) groups is 2. The highest BCUT2D eigenvalue weighted by molar-refractivity contribution is 5.93. The van der Waals surface area contributed by atoms with Crippen molar-refractivity contribution in [2.45, 2.75) is 65.8 Å². The zero-order valence-corrected chi connectivity index (χ0v) is 17.4. The second-order valence-electron chi connectivity index (χ2n) is 7.65. The lowest BCUT2D eigenvalue weighted by Gasteiger charge is -2.25. The molecule has 5 heteroatoms. The van der Waals surface area contributed by atoms with Crippen LogP contribution in [0.15, 0.2) is 18.2 Å². The van der Waals surface area contributed by atoms with Crippen LogP contribution in [0.2, 0.25) is 0 Å². The molecular weight excluding hydrogens is 338 g/mol. The van der Waals surface area contributed by atoms with E-state index in [2.05, 4.69) is 24.1 Å². The van der Waals surface area contributed by atoms with E-state index >= 15 is 0 Å². The zero-order chi connectivity index (χ0) is 19.8. The average molecular weight is 374 g/mol. The maximum absolute atomic E-state index is 12.6. The minimum absolute atomic E-state index is 0.00530. The lowest BCUT2D eigenvalue weighted by Crippen LogP contribution is -2.39. The van der Waals surface area contributed by atoms with Crippen molar-refractivity contribution in [2.24, 2.45) is 0 Å². The van der Waals surface area contributed by atoms with Gasteiger partial charge in [-0.05, 0) is 50.7 Å². The lowest BCUT2D eigenvalue weighted by molar-refractivity contribution is -0.132.